The zero-order valence-electron chi connectivity index (χ0n) is 11.5. The molecular formula is C16H15BrClNOS. The highest BCUT2D eigenvalue weighted by molar-refractivity contribution is 9.10. The van der Waals surface area contributed by atoms with E-state index in [0.29, 0.717) is 5.02 Å². The van der Waals surface area contributed by atoms with Crippen LogP contribution in [0.15, 0.2) is 45.8 Å². The minimum Gasteiger partial charge on any atom is -0.493 e. The first kappa shape index (κ1) is 15.1. The van der Waals surface area contributed by atoms with Crippen molar-refractivity contribution in [3.63, 3.8) is 0 Å². The molecule has 2 aromatic carbocycles. The standard InChI is InChI=1S/C16H15BrClNOS/c1-20-16-12(17)8-10(18)9-14(16)19-13-6-7-21-15-5-3-2-4-11(13)15/h2-5,8-9,13,19H,6-7H2,1H3. The van der Waals surface area contributed by atoms with E-state index < -0.39 is 0 Å². The van der Waals surface area contributed by atoms with Gasteiger partial charge < -0.3 is 10.1 Å². The van der Waals surface area contributed by atoms with Crippen LogP contribution in [-0.2, 0) is 0 Å². The highest BCUT2D eigenvalue weighted by atomic mass is 79.9. The molecule has 0 bridgehead atoms. The van der Waals surface area contributed by atoms with Crippen molar-refractivity contribution in [2.45, 2.75) is 17.4 Å². The van der Waals surface area contributed by atoms with E-state index in [-0.39, 0.29) is 6.04 Å². The lowest BCUT2D eigenvalue weighted by molar-refractivity contribution is 0.413. The lowest BCUT2D eigenvalue weighted by atomic mass is 10.0. The van der Waals surface area contributed by atoms with Crippen molar-refractivity contribution in [1.29, 1.82) is 0 Å². The molecule has 110 valence electrons. The Hall–Kier alpha value is -0.840. The number of hydrogen-bond donors (Lipinski definition) is 1. The number of benzene rings is 2. The Morgan fingerprint density at radius 2 is 2.14 bits per heavy atom. The van der Waals surface area contributed by atoms with Gasteiger partial charge in [0.15, 0.2) is 5.75 Å². The van der Waals surface area contributed by atoms with E-state index >= 15 is 0 Å². The van der Waals surface area contributed by atoms with Crippen LogP contribution in [0.1, 0.15) is 18.0 Å². The van der Waals surface area contributed by atoms with Crippen LogP contribution >= 0.6 is 39.3 Å². The summed E-state index contributed by atoms with van der Waals surface area (Å²) in [6.07, 6.45) is 1.08. The number of thioether (sulfide) groups is 1. The van der Waals surface area contributed by atoms with Crippen LogP contribution in [0, 0.1) is 0 Å². The van der Waals surface area contributed by atoms with Gasteiger partial charge in [-0.1, -0.05) is 29.8 Å². The van der Waals surface area contributed by atoms with Gasteiger partial charge in [-0.15, -0.1) is 11.8 Å². The summed E-state index contributed by atoms with van der Waals surface area (Å²) in [5.74, 6) is 1.90. The largest absolute Gasteiger partial charge is 0.493 e. The number of fused-ring (bicyclic) bond motifs is 1. The maximum absolute atomic E-state index is 6.17. The molecule has 0 aromatic heterocycles. The van der Waals surface area contributed by atoms with E-state index in [0.717, 1.165) is 28.1 Å². The molecule has 0 saturated heterocycles. The Morgan fingerprint density at radius 3 is 2.95 bits per heavy atom. The average molecular weight is 385 g/mol. The van der Waals surface area contributed by atoms with Crippen LogP contribution in [0.5, 0.6) is 5.75 Å². The number of rotatable bonds is 3. The summed E-state index contributed by atoms with van der Waals surface area (Å²) in [5.41, 5.74) is 2.26. The van der Waals surface area contributed by atoms with E-state index in [2.05, 4.69) is 45.5 Å². The van der Waals surface area contributed by atoms with Crippen LogP contribution in [0.3, 0.4) is 0 Å². The van der Waals surface area contributed by atoms with Crippen LogP contribution in [0.4, 0.5) is 5.69 Å². The Bertz CT molecular complexity index is 665. The van der Waals surface area contributed by atoms with Gasteiger partial charge in [0.25, 0.3) is 0 Å². The van der Waals surface area contributed by atoms with Gasteiger partial charge >= 0.3 is 0 Å². The first-order chi connectivity index (χ1) is 10.2. The normalized spacial score (nSPS) is 17.2. The van der Waals surface area contributed by atoms with Crippen molar-refractivity contribution in [1.82, 2.24) is 0 Å². The monoisotopic (exact) mass is 383 g/mol. The third-order valence-corrected chi connectivity index (χ3v) is 5.43. The SMILES string of the molecule is COc1c(Br)cc(Cl)cc1NC1CCSc2ccccc21. The maximum atomic E-state index is 6.17. The molecule has 1 heterocycles. The number of halogens is 2. The molecule has 1 atom stereocenters. The van der Waals surface area contributed by atoms with Crippen molar-refractivity contribution in [3.8, 4) is 5.75 Å². The molecule has 0 saturated carbocycles. The van der Waals surface area contributed by atoms with E-state index in [1.807, 2.05) is 23.9 Å². The molecule has 0 radical (unpaired) electrons. The molecule has 5 heteroatoms. The van der Waals surface area contributed by atoms with Crippen molar-refractivity contribution in [2.24, 2.45) is 0 Å². The maximum Gasteiger partial charge on any atom is 0.156 e. The van der Waals surface area contributed by atoms with E-state index in [4.69, 9.17) is 16.3 Å². The van der Waals surface area contributed by atoms with Gasteiger partial charge in [0.2, 0.25) is 0 Å². The Labute approximate surface area is 142 Å². The van der Waals surface area contributed by atoms with Crippen molar-refractivity contribution < 1.29 is 4.74 Å². The van der Waals surface area contributed by atoms with Gasteiger partial charge in [-0.25, -0.2) is 0 Å². The number of ether oxygens (including phenoxy) is 1. The molecule has 3 rings (SSSR count). The van der Waals surface area contributed by atoms with Gasteiger partial charge in [0.1, 0.15) is 0 Å². The highest BCUT2D eigenvalue weighted by Crippen LogP contribution is 2.42. The summed E-state index contributed by atoms with van der Waals surface area (Å²) >= 11 is 11.6. The van der Waals surface area contributed by atoms with Gasteiger partial charge in [-0.3, -0.25) is 0 Å². The Morgan fingerprint density at radius 1 is 1.33 bits per heavy atom. The molecule has 0 spiro atoms. The minimum absolute atomic E-state index is 0.279. The number of nitrogens with one attached hydrogen (secondary N) is 1. The summed E-state index contributed by atoms with van der Waals surface area (Å²) in [5, 5.41) is 4.27. The summed E-state index contributed by atoms with van der Waals surface area (Å²) in [7, 11) is 1.67. The van der Waals surface area contributed by atoms with Crippen LogP contribution in [0.2, 0.25) is 5.02 Å². The fraction of sp³-hybridized carbons (Fsp3) is 0.250. The number of hydrogen-bond acceptors (Lipinski definition) is 3. The predicted octanol–water partition coefficient (Wildman–Crippen LogP) is 5.76. The third kappa shape index (κ3) is 3.17. The Balaban J connectivity index is 1.95. The van der Waals surface area contributed by atoms with Crippen LogP contribution in [0.25, 0.3) is 0 Å². The molecule has 1 aliphatic heterocycles. The van der Waals surface area contributed by atoms with Gasteiger partial charge in [-0.2, -0.15) is 0 Å². The molecule has 1 N–H and O–H groups in total. The molecule has 1 unspecified atom stereocenters. The van der Waals surface area contributed by atoms with Gasteiger partial charge in [0.05, 0.1) is 23.3 Å². The van der Waals surface area contributed by atoms with Crippen molar-refractivity contribution in [3.05, 3.63) is 51.5 Å². The highest BCUT2D eigenvalue weighted by Gasteiger charge is 2.22. The second-order valence-corrected chi connectivity index (χ2v) is 7.27. The molecule has 2 nitrogen and oxygen atoms in total. The average Bonchev–Trinajstić information content (AvgIpc) is 2.47. The molecule has 21 heavy (non-hydrogen) atoms. The van der Waals surface area contributed by atoms with Crippen LogP contribution < -0.4 is 10.1 Å². The fourth-order valence-corrected chi connectivity index (χ4v) is 4.65. The fourth-order valence-electron chi connectivity index (χ4n) is 2.55. The quantitative estimate of drug-likeness (QED) is 0.727. The molecule has 1 aliphatic rings. The lowest BCUT2D eigenvalue weighted by Gasteiger charge is -2.27. The van der Waals surface area contributed by atoms with Crippen molar-refractivity contribution in [2.75, 3.05) is 18.2 Å². The summed E-state index contributed by atoms with van der Waals surface area (Å²) in [6.45, 7) is 0. The Kier molecular flexibility index (Phi) is 4.67. The number of anilines is 1. The van der Waals surface area contributed by atoms with Crippen LogP contribution in [-0.4, -0.2) is 12.9 Å². The first-order valence-electron chi connectivity index (χ1n) is 6.70. The zero-order chi connectivity index (χ0) is 14.8. The third-order valence-electron chi connectivity index (χ3n) is 3.50. The summed E-state index contributed by atoms with van der Waals surface area (Å²) in [6, 6.07) is 12.6. The second kappa shape index (κ2) is 6.51. The topological polar surface area (TPSA) is 21.3 Å². The summed E-state index contributed by atoms with van der Waals surface area (Å²) < 4.78 is 6.35. The molecule has 0 fully saturated rings. The molecular weight excluding hydrogens is 370 g/mol. The van der Waals surface area contributed by atoms with E-state index in [1.165, 1.54) is 10.5 Å². The van der Waals surface area contributed by atoms with E-state index in [9.17, 15) is 0 Å². The molecule has 0 amide bonds. The zero-order valence-corrected chi connectivity index (χ0v) is 14.7. The summed E-state index contributed by atoms with van der Waals surface area (Å²) in [4.78, 5) is 1.35. The lowest BCUT2D eigenvalue weighted by Crippen LogP contribution is -2.16. The molecule has 0 aliphatic carbocycles. The van der Waals surface area contributed by atoms with Crippen molar-refractivity contribution >= 4 is 45.0 Å². The number of methoxy groups -OCH3 is 1. The van der Waals surface area contributed by atoms with Gasteiger partial charge in [-0.05, 0) is 46.1 Å². The predicted molar refractivity (Wildman–Crippen MR) is 93.9 cm³/mol. The molecule has 2 aromatic rings. The van der Waals surface area contributed by atoms with E-state index in [1.54, 1.807) is 7.11 Å². The van der Waals surface area contributed by atoms with Gasteiger partial charge in [0, 0.05) is 15.7 Å². The first-order valence-corrected chi connectivity index (χ1v) is 8.86. The second-order valence-electron chi connectivity index (χ2n) is 4.84. The minimum atomic E-state index is 0.279. The smallest absolute Gasteiger partial charge is 0.156 e.